The standard InChI is InChI=1S/C14H14ClFN2O/c1-17-14(10-5-6-18-8-11(10)15)9-3-4-13(19-2)12(16)7-9/h3-8,14,17H,1-2H3. The number of nitrogens with one attached hydrogen (secondary N) is 1. The normalized spacial score (nSPS) is 12.2. The van der Waals surface area contributed by atoms with Crippen molar-refractivity contribution < 1.29 is 9.13 Å². The van der Waals surface area contributed by atoms with E-state index in [0.717, 1.165) is 11.1 Å². The molecule has 5 heteroatoms. The Labute approximate surface area is 116 Å². The van der Waals surface area contributed by atoms with Gasteiger partial charge in [0.05, 0.1) is 18.2 Å². The summed E-state index contributed by atoms with van der Waals surface area (Å²) in [5.41, 5.74) is 1.62. The molecular weight excluding hydrogens is 267 g/mol. The molecule has 1 unspecified atom stereocenters. The minimum absolute atomic E-state index is 0.198. The number of hydrogen-bond acceptors (Lipinski definition) is 3. The van der Waals surface area contributed by atoms with Gasteiger partial charge in [0.15, 0.2) is 11.6 Å². The Morgan fingerprint density at radius 3 is 2.74 bits per heavy atom. The molecule has 0 saturated heterocycles. The SMILES string of the molecule is CNC(c1ccc(OC)c(F)c1)c1ccncc1Cl. The van der Waals surface area contributed by atoms with Gasteiger partial charge >= 0.3 is 0 Å². The van der Waals surface area contributed by atoms with Crippen LogP contribution in [0, 0.1) is 5.82 Å². The van der Waals surface area contributed by atoms with Crippen molar-refractivity contribution in [1.82, 2.24) is 10.3 Å². The lowest BCUT2D eigenvalue weighted by Gasteiger charge is -2.18. The van der Waals surface area contributed by atoms with Crippen LogP contribution >= 0.6 is 11.6 Å². The minimum Gasteiger partial charge on any atom is -0.494 e. The summed E-state index contributed by atoms with van der Waals surface area (Å²) in [5, 5.41) is 3.66. The molecule has 100 valence electrons. The van der Waals surface area contributed by atoms with Gasteiger partial charge in [0.25, 0.3) is 0 Å². The van der Waals surface area contributed by atoms with E-state index in [1.54, 1.807) is 31.6 Å². The van der Waals surface area contributed by atoms with E-state index in [2.05, 4.69) is 10.3 Å². The minimum atomic E-state index is -0.398. The lowest BCUT2D eigenvalue weighted by atomic mass is 9.99. The van der Waals surface area contributed by atoms with Gasteiger partial charge in [0.1, 0.15) is 0 Å². The summed E-state index contributed by atoms with van der Waals surface area (Å²) >= 11 is 6.13. The quantitative estimate of drug-likeness (QED) is 0.934. The number of halogens is 2. The van der Waals surface area contributed by atoms with Gasteiger partial charge in [-0.25, -0.2) is 4.39 Å². The van der Waals surface area contributed by atoms with E-state index in [0.29, 0.717) is 5.02 Å². The Balaban J connectivity index is 2.43. The van der Waals surface area contributed by atoms with E-state index in [4.69, 9.17) is 16.3 Å². The highest BCUT2D eigenvalue weighted by Gasteiger charge is 2.16. The molecule has 1 aromatic heterocycles. The molecule has 0 radical (unpaired) electrons. The molecule has 1 atom stereocenters. The highest BCUT2D eigenvalue weighted by Crippen LogP contribution is 2.29. The number of ether oxygens (including phenoxy) is 1. The first-order valence-electron chi connectivity index (χ1n) is 5.77. The summed E-state index contributed by atoms with van der Waals surface area (Å²) in [6.45, 7) is 0. The van der Waals surface area contributed by atoms with Crippen LogP contribution in [-0.2, 0) is 0 Å². The molecule has 0 aliphatic rings. The molecule has 3 nitrogen and oxygen atoms in total. The Bertz CT molecular complexity index is 577. The first-order chi connectivity index (χ1) is 9.17. The largest absolute Gasteiger partial charge is 0.494 e. The summed E-state index contributed by atoms with van der Waals surface area (Å²) in [5.74, 6) is -0.176. The van der Waals surface area contributed by atoms with Crippen LogP contribution in [0.3, 0.4) is 0 Å². The maximum absolute atomic E-state index is 13.8. The number of methoxy groups -OCH3 is 1. The second kappa shape index (κ2) is 5.99. The zero-order chi connectivity index (χ0) is 13.8. The van der Waals surface area contributed by atoms with E-state index in [9.17, 15) is 4.39 Å². The number of pyridine rings is 1. The van der Waals surface area contributed by atoms with Crippen molar-refractivity contribution in [2.75, 3.05) is 14.2 Å². The average Bonchev–Trinajstić information content (AvgIpc) is 2.42. The zero-order valence-corrected chi connectivity index (χ0v) is 11.4. The number of rotatable bonds is 4. The molecule has 0 spiro atoms. The number of nitrogens with zero attached hydrogens (tertiary/aromatic N) is 1. The molecule has 0 aliphatic carbocycles. The van der Waals surface area contributed by atoms with Gasteiger partial charge in [-0.05, 0) is 36.4 Å². The van der Waals surface area contributed by atoms with E-state index in [1.807, 2.05) is 6.07 Å². The van der Waals surface area contributed by atoms with Crippen LogP contribution in [0.2, 0.25) is 5.02 Å². The molecule has 0 saturated carbocycles. The lowest BCUT2D eigenvalue weighted by Crippen LogP contribution is -2.18. The van der Waals surface area contributed by atoms with E-state index >= 15 is 0 Å². The van der Waals surface area contributed by atoms with Crippen LogP contribution in [0.5, 0.6) is 5.75 Å². The Morgan fingerprint density at radius 1 is 1.37 bits per heavy atom. The van der Waals surface area contributed by atoms with Gasteiger partial charge in [-0.3, -0.25) is 4.98 Å². The summed E-state index contributed by atoms with van der Waals surface area (Å²) in [6, 6.07) is 6.46. The topological polar surface area (TPSA) is 34.1 Å². The Kier molecular flexibility index (Phi) is 4.35. The molecule has 0 fully saturated rings. The zero-order valence-electron chi connectivity index (χ0n) is 10.7. The molecule has 1 heterocycles. The Morgan fingerprint density at radius 2 is 2.16 bits per heavy atom. The molecule has 19 heavy (non-hydrogen) atoms. The van der Waals surface area contributed by atoms with Crippen LogP contribution in [0.4, 0.5) is 4.39 Å². The van der Waals surface area contributed by atoms with Crippen LogP contribution < -0.4 is 10.1 Å². The smallest absolute Gasteiger partial charge is 0.165 e. The van der Waals surface area contributed by atoms with Gasteiger partial charge in [0, 0.05) is 12.4 Å². The van der Waals surface area contributed by atoms with Crippen molar-refractivity contribution in [1.29, 1.82) is 0 Å². The third kappa shape index (κ3) is 2.85. The van der Waals surface area contributed by atoms with Crippen LogP contribution in [0.15, 0.2) is 36.7 Å². The average molecular weight is 281 g/mol. The van der Waals surface area contributed by atoms with Gasteiger partial charge < -0.3 is 10.1 Å². The lowest BCUT2D eigenvalue weighted by molar-refractivity contribution is 0.386. The van der Waals surface area contributed by atoms with Crippen molar-refractivity contribution in [3.05, 3.63) is 58.6 Å². The van der Waals surface area contributed by atoms with E-state index in [-0.39, 0.29) is 11.8 Å². The maximum Gasteiger partial charge on any atom is 0.165 e. The third-order valence-corrected chi connectivity index (χ3v) is 3.23. The molecule has 2 aromatic rings. The molecular formula is C14H14ClFN2O. The van der Waals surface area contributed by atoms with Gasteiger partial charge in [0.2, 0.25) is 0 Å². The number of aromatic nitrogens is 1. The fourth-order valence-electron chi connectivity index (χ4n) is 1.98. The summed E-state index contributed by atoms with van der Waals surface area (Å²) in [7, 11) is 3.23. The number of benzene rings is 1. The summed E-state index contributed by atoms with van der Waals surface area (Å²) < 4.78 is 18.7. The second-order valence-corrected chi connectivity index (χ2v) is 4.42. The molecule has 0 bridgehead atoms. The molecule has 1 aromatic carbocycles. The first-order valence-corrected chi connectivity index (χ1v) is 6.15. The molecule has 0 amide bonds. The third-order valence-electron chi connectivity index (χ3n) is 2.91. The predicted molar refractivity (Wildman–Crippen MR) is 73.1 cm³/mol. The molecule has 0 aliphatic heterocycles. The first kappa shape index (κ1) is 13.8. The monoisotopic (exact) mass is 280 g/mol. The molecule has 2 rings (SSSR count). The van der Waals surface area contributed by atoms with Crippen LogP contribution in [-0.4, -0.2) is 19.1 Å². The van der Waals surface area contributed by atoms with Crippen molar-refractivity contribution in [2.45, 2.75) is 6.04 Å². The van der Waals surface area contributed by atoms with Crippen LogP contribution in [0.1, 0.15) is 17.2 Å². The Hall–Kier alpha value is -1.65. The van der Waals surface area contributed by atoms with Crippen molar-refractivity contribution in [3.8, 4) is 5.75 Å². The van der Waals surface area contributed by atoms with Crippen molar-refractivity contribution in [3.63, 3.8) is 0 Å². The number of hydrogen-bond donors (Lipinski definition) is 1. The second-order valence-electron chi connectivity index (χ2n) is 4.01. The molecule has 1 N–H and O–H groups in total. The fourth-order valence-corrected chi connectivity index (χ4v) is 2.21. The highest BCUT2D eigenvalue weighted by atomic mass is 35.5. The van der Waals surface area contributed by atoms with Gasteiger partial charge in [-0.15, -0.1) is 0 Å². The van der Waals surface area contributed by atoms with Gasteiger partial charge in [-0.1, -0.05) is 17.7 Å². The van der Waals surface area contributed by atoms with E-state index in [1.165, 1.54) is 13.2 Å². The van der Waals surface area contributed by atoms with E-state index < -0.39 is 5.82 Å². The maximum atomic E-state index is 13.8. The van der Waals surface area contributed by atoms with Gasteiger partial charge in [-0.2, -0.15) is 0 Å². The van der Waals surface area contributed by atoms with Crippen LogP contribution in [0.25, 0.3) is 0 Å². The van der Waals surface area contributed by atoms with Crippen molar-refractivity contribution >= 4 is 11.6 Å². The predicted octanol–water partition coefficient (Wildman–Crippen LogP) is 3.19. The summed E-state index contributed by atoms with van der Waals surface area (Å²) in [6.07, 6.45) is 3.23. The highest BCUT2D eigenvalue weighted by molar-refractivity contribution is 6.31. The van der Waals surface area contributed by atoms with Crippen molar-refractivity contribution in [2.24, 2.45) is 0 Å². The summed E-state index contributed by atoms with van der Waals surface area (Å²) in [4.78, 5) is 3.95. The fraction of sp³-hybridized carbons (Fsp3) is 0.214.